The van der Waals surface area contributed by atoms with E-state index in [0.717, 1.165) is 6.07 Å². The second kappa shape index (κ2) is 6.67. The molecule has 0 amide bonds. The predicted molar refractivity (Wildman–Crippen MR) is 71.7 cm³/mol. The van der Waals surface area contributed by atoms with Gasteiger partial charge in [-0.1, -0.05) is 29.8 Å². The molecule has 0 saturated carbocycles. The largest absolute Gasteiger partial charge is 0.490 e. The van der Waals surface area contributed by atoms with Gasteiger partial charge < -0.3 is 9.47 Å². The minimum atomic E-state index is -4.48. The van der Waals surface area contributed by atoms with Gasteiger partial charge in [0.05, 0.1) is 5.56 Å². The van der Waals surface area contributed by atoms with Gasteiger partial charge in [0.15, 0.2) is 0 Å². The number of alkyl halides is 3. The molecule has 0 aliphatic carbocycles. The summed E-state index contributed by atoms with van der Waals surface area (Å²) in [5, 5.41) is -0.190. The molecule has 0 atom stereocenters. The molecule has 2 rings (SSSR count). The molecule has 1 aromatic carbocycles. The van der Waals surface area contributed by atoms with Crippen LogP contribution < -0.4 is 9.47 Å². The van der Waals surface area contributed by atoms with Crippen LogP contribution in [0.2, 0.25) is 5.02 Å². The lowest BCUT2D eigenvalue weighted by atomic mass is 10.3. The number of hydrogen-bond donors (Lipinski definition) is 0. The molecule has 21 heavy (non-hydrogen) atoms. The van der Waals surface area contributed by atoms with E-state index in [1.54, 1.807) is 12.1 Å². The van der Waals surface area contributed by atoms with Gasteiger partial charge in [-0.15, -0.1) is 0 Å². The highest BCUT2D eigenvalue weighted by molar-refractivity contribution is 6.31. The fourth-order valence-corrected chi connectivity index (χ4v) is 1.72. The number of aromatic nitrogens is 1. The van der Waals surface area contributed by atoms with Crippen molar-refractivity contribution in [1.82, 2.24) is 4.98 Å². The lowest BCUT2D eigenvalue weighted by Crippen LogP contribution is -2.11. The lowest BCUT2D eigenvalue weighted by Gasteiger charge is -2.10. The summed E-state index contributed by atoms with van der Waals surface area (Å²) in [6, 6.07) is 9.85. The molecule has 0 aliphatic heterocycles. The Kier molecular flexibility index (Phi) is 4.90. The monoisotopic (exact) mass is 317 g/mol. The predicted octanol–water partition coefficient (Wildman–Crippen LogP) is 4.21. The SMILES string of the molecule is FC(F)(F)c1cnc(OCCOc2ccccc2)c(Cl)c1. The van der Waals surface area contributed by atoms with E-state index in [-0.39, 0.29) is 24.1 Å². The molecule has 0 unspecified atom stereocenters. The standard InChI is InChI=1S/C14H11ClF3NO2/c15-12-8-10(14(16,17)18)9-19-13(12)21-7-6-20-11-4-2-1-3-5-11/h1-5,8-9H,6-7H2. The minimum absolute atomic E-state index is 0.0543. The van der Waals surface area contributed by atoms with Crippen molar-refractivity contribution >= 4 is 11.6 Å². The number of ether oxygens (including phenoxy) is 2. The van der Waals surface area contributed by atoms with Crippen molar-refractivity contribution in [3.63, 3.8) is 0 Å². The van der Waals surface area contributed by atoms with Crippen LogP contribution in [0.1, 0.15) is 5.56 Å². The minimum Gasteiger partial charge on any atom is -0.490 e. The Bertz CT molecular complexity index is 591. The van der Waals surface area contributed by atoms with E-state index in [0.29, 0.717) is 11.9 Å². The third-order valence-corrected chi connectivity index (χ3v) is 2.74. The van der Waals surface area contributed by atoms with E-state index in [1.807, 2.05) is 18.2 Å². The Labute approximate surface area is 124 Å². The maximum Gasteiger partial charge on any atom is 0.417 e. The summed E-state index contributed by atoms with van der Waals surface area (Å²) in [6.45, 7) is 0.343. The second-order valence-corrected chi connectivity index (χ2v) is 4.43. The van der Waals surface area contributed by atoms with Crippen LogP contribution in [-0.2, 0) is 6.18 Å². The third kappa shape index (κ3) is 4.53. The fourth-order valence-electron chi connectivity index (χ4n) is 1.50. The molecule has 2 aromatic rings. The first-order valence-corrected chi connectivity index (χ1v) is 6.38. The van der Waals surface area contributed by atoms with Gasteiger partial charge in [-0.3, -0.25) is 0 Å². The molecule has 1 aromatic heterocycles. The average molecular weight is 318 g/mol. The molecular formula is C14H11ClF3NO2. The van der Waals surface area contributed by atoms with E-state index < -0.39 is 11.7 Å². The van der Waals surface area contributed by atoms with Crippen molar-refractivity contribution in [3.8, 4) is 11.6 Å². The molecular weight excluding hydrogens is 307 g/mol. The Hall–Kier alpha value is -1.95. The molecule has 7 heteroatoms. The van der Waals surface area contributed by atoms with Crippen molar-refractivity contribution in [2.75, 3.05) is 13.2 Å². The smallest absolute Gasteiger partial charge is 0.417 e. The Balaban J connectivity index is 1.86. The van der Waals surface area contributed by atoms with Crippen molar-refractivity contribution in [2.45, 2.75) is 6.18 Å². The summed E-state index contributed by atoms with van der Waals surface area (Å²) in [5.74, 6) is 0.619. The van der Waals surface area contributed by atoms with Crippen LogP contribution in [0.4, 0.5) is 13.2 Å². The molecule has 0 N–H and O–H groups in total. The van der Waals surface area contributed by atoms with E-state index in [4.69, 9.17) is 21.1 Å². The number of rotatable bonds is 5. The van der Waals surface area contributed by atoms with Gasteiger partial charge in [-0.05, 0) is 18.2 Å². The molecule has 3 nitrogen and oxygen atoms in total. The maximum atomic E-state index is 12.4. The van der Waals surface area contributed by atoms with E-state index in [1.165, 1.54) is 0 Å². The molecule has 0 spiro atoms. The molecule has 0 fully saturated rings. The van der Waals surface area contributed by atoms with Crippen molar-refractivity contribution in [1.29, 1.82) is 0 Å². The Morgan fingerprint density at radius 1 is 1.05 bits per heavy atom. The summed E-state index contributed by atoms with van der Waals surface area (Å²) < 4.78 is 47.9. The molecule has 0 saturated heterocycles. The zero-order valence-electron chi connectivity index (χ0n) is 10.7. The first kappa shape index (κ1) is 15.4. The van der Waals surface area contributed by atoms with Gasteiger partial charge >= 0.3 is 6.18 Å². The van der Waals surface area contributed by atoms with Crippen LogP contribution in [-0.4, -0.2) is 18.2 Å². The van der Waals surface area contributed by atoms with Crippen LogP contribution in [0.15, 0.2) is 42.6 Å². The van der Waals surface area contributed by atoms with E-state index >= 15 is 0 Å². The highest BCUT2D eigenvalue weighted by atomic mass is 35.5. The lowest BCUT2D eigenvalue weighted by molar-refractivity contribution is -0.137. The van der Waals surface area contributed by atoms with E-state index in [2.05, 4.69) is 4.98 Å². The molecule has 112 valence electrons. The van der Waals surface area contributed by atoms with E-state index in [9.17, 15) is 13.2 Å². The van der Waals surface area contributed by atoms with Crippen LogP contribution in [0.5, 0.6) is 11.6 Å². The Morgan fingerprint density at radius 3 is 2.33 bits per heavy atom. The quantitative estimate of drug-likeness (QED) is 0.774. The zero-order chi connectivity index (χ0) is 15.3. The van der Waals surface area contributed by atoms with Gasteiger partial charge in [0, 0.05) is 6.20 Å². The number of hydrogen-bond acceptors (Lipinski definition) is 3. The van der Waals surface area contributed by atoms with Gasteiger partial charge in [0.2, 0.25) is 5.88 Å². The zero-order valence-corrected chi connectivity index (χ0v) is 11.5. The summed E-state index contributed by atoms with van der Waals surface area (Å²) >= 11 is 5.70. The third-order valence-electron chi connectivity index (χ3n) is 2.47. The first-order valence-electron chi connectivity index (χ1n) is 6.00. The summed E-state index contributed by atoms with van der Waals surface area (Å²) in [6.07, 6.45) is -3.80. The number of para-hydroxylation sites is 1. The summed E-state index contributed by atoms with van der Waals surface area (Å²) in [7, 11) is 0. The summed E-state index contributed by atoms with van der Waals surface area (Å²) in [5.41, 5.74) is -0.916. The molecule has 0 radical (unpaired) electrons. The van der Waals surface area contributed by atoms with Crippen LogP contribution in [0.3, 0.4) is 0 Å². The summed E-state index contributed by atoms with van der Waals surface area (Å²) in [4.78, 5) is 3.56. The first-order chi connectivity index (χ1) is 9.97. The average Bonchev–Trinajstić information content (AvgIpc) is 2.45. The van der Waals surface area contributed by atoms with Crippen LogP contribution in [0.25, 0.3) is 0 Å². The van der Waals surface area contributed by atoms with Gasteiger partial charge in [0.25, 0.3) is 0 Å². The number of benzene rings is 1. The van der Waals surface area contributed by atoms with Crippen molar-refractivity contribution in [3.05, 3.63) is 53.2 Å². The van der Waals surface area contributed by atoms with Crippen molar-refractivity contribution in [2.24, 2.45) is 0 Å². The molecule has 0 bridgehead atoms. The topological polar surface area (TPSA) is 31.4 Å². The normalized spacial score (nSPS) is 11.2. The number of nitrogens with zero attached hydrogens (tertiary/aromatic N) is 1. The van der Waals surface area contributed by atoms with Gasteiger partial charge in [-0.25, -0.2) is 4.98 Å². The Morgan fingerprint density at radius 2 is 1.71 bits per heavy atom. The molecule has 1 heterocycles. The highest BCUT2D eigenvalue weighted by Crippen LogP contribution is 2.32. The highest BCUT2D eigenvalue weighted by Gasteiger charge is 2.31. The van der Waals surface area contributed by atoms with Gasteiger partial charge in [0.1, 0.15) is 24.0 Å². The fraction of sp³-hybridized carbons (Fsp3) is 0.214. The van der Waals surface area contributed by atoms with Crippen molar-refractivity contribution < 1.29 is 22.6 Å². The number of pyridine rings is 1. The van der Waals surface area contributed by atoms with Crippen LogP contribution in [0, 0.1) is 0 Å². The van der Waals surface area contributed by atoms with Crippen LogP contribution >= 0.6 is 11.6 Å². The second-order valence-electron chi connectivity index (χ2n) is 4.02. The van der Waals surface area contributed by atoms with Gasteiger partial charge in [-0.2, -0.15) is 13.2 Å². The number of halogens is 4. The molecule has 0 aliphatic rings. The maximum absolute atomic E-state index is 12.4.